The maximum atomic E-state index is 11.1. The van der Waals surface area contributed by atoms with E-state index in [0.29, 0.717) is 37.1 Å². The van der Waals surface area contributed by atoms with Gasteiger partial charge >= 0.3 is 0 Å². The van der Waals surface area contributed by atoms with E-state index in [9.17, 15) is 9.90 Å². The quantitative estimate of drug-likeness (QED) is 0.147. The van der Waals surface area contributed by atoms with E-state index in [1.165, 1.54) is 6.92 Å². The van der Waals surface area contributed by atoms with E-state index in [2.05, 4.69) is 34.8 Å². The van der Waals surface area contributed by atoms with Crippen molar-refractivity contribution in [2.75, 3.05) is 31.6 Å². The molecule has 0 saturated carbocycles. The first-order chi connectivity index (χ1) is 13.4. The standard InChI is InChI=1S/C21H36N4O3.HI/c1-5-11-21(27,12-6-2)16-24-20(22-7-3)23-13-14-28-19-10-8-9-18(15-19)25-17(4)26;/h8-10,15,27H,5-7,11-14,16H2,1-4H3,(H,25,26)(H2,22,23,24);1H. The van der Waals surface area contributed by atoms with Crippen molar-refractivity contribution in [3.8, 4) is 5.75 Å². The van der Waals surface area contributed by atoms with E-state index >= 15 is 0 Å². The Bertz CT molecular complexity index is 620. The van der Waals surface area contributed by atoms with Crippen molar-refractivity contribution < 1.29 is 14.6 Å². The lowest BCUT2D eigenvalue weighted by molar-refractivity contribution is -0.114. The molecule has 4 N–H and O–H groups in total. The smallest absolute Gasteiger partial charge is 0.221 e. The Morgan fingerprint density at radius 3 is 2.45 bits per heavy atom. The van der Waals surface area contributed by atoms with Crippen LogP contribution in [0.15, 0.2) is 29.3 Å². The normalized spacial score (nSPS) is 11.4. The molecule has 0 atom stereocenters. The van der Waals surface area contributed by atoms with Gasteiger partial charge in [0, 0.05) is 25.2 Å². The minimum absolute atomic E-state index is 0. The number of halogens is 1. The molecule has 0 fully saturated rings. The van der Waals surface area contributed by atoms with Crippen LogP contribution in [-0.2, 0) is 4.79 Å². The highest BCUT2D eigenvalue weighted by Crippen LogP contribution is 2.20. The van der Waals surface area contributed by atoms with Gasteiger partial charge in [0.2, 0.25) is 5.91 Å². The molecule has 0 heterocycles. The number of nitrogens with one attached hydrogen (secondary N) is 3. The molecular formula is C21H37IN4O3. The van der Waals surface area contributed by atoms with Gasteiger partial charge in [-0.15, -0.1) is 24.0 Å². The third kappa shape index (κ3) is 11.9. The average molecular weight is 520 g/mol. The first kappa shape index (κ1) is 27.5. The summed E-state index contributed by atoms with van der Waals surface area (Å²) in [7, 11) is 0. The number of anilines is 1. The van der Waals surface area contributed by atoms with E-state index < -0.39 is 5.60 Å². The summed E-state index contributed by atoms with van der Waals surface area (Å²) >= 11 is 0. The summed E-state index contributed by atoms with van der Waals surface area (Å²) in [5, 5.41) is 19.9. The predicted molar refractivity (Wildman–Crippen MR) is 130 cm³/mol. The molecule has 7 nitrogen and oxygen atoms in total. The van der Waals surface area contributed by atoms with Crippen LogP contribution in [-0.4, -0.2) is 48.8 Å². The van der Waals surface area contributed by atoms with Crippen LogP contribution in [0.3, 0.4) is 0 Å². The Morgan fingerprint density at radius 2 is 1.86 bits per heavy atom. The number of aliphatic hydroxyl groups is 1. The summed E-state index contributed by atoms with van der Waals surface area (Å²) in [6, 6.07) is 7.29. The molecule has 29 heavy (non-hydrogen) atoms. The number of guanidine groups is 1. The molecule has 0 aliphatic rings. The maximum Gasteiger partial charge on any atom is 0.221 e. The van der Waals surface area contributed by atoms with Crippen molar-refractivity contribution in [3.63, 3.8) is 0 Å². The molecule has 0 saturated heterocycles. The monoisotopic (exact) mass is 520 g/mol. The second kappa shape index (κ2) is 15.3. The molecule has 1 aromatic carbocycles. The predicted octanol–water partition coefficient (Wildman–Crippen LogP) is 3.53. The number of benzene rings is 1. The first-order valence-electron chi connectivity index (χ1n) is 10.2. The molecule has 0 bridgehead atoms. The third-order valence-corrected chi connectivity index (χ3v) is 4.12. The van der Waals surface area contributed by atoms with Crippen molar-refractivity contribution in [1.29, 1.82) is 0 Å². The molecule has 166 valence electrons. The summed E-state index contributed by atoms with van der Waals surface area (Å²) in [5.74, 6) is 1.25. The highest BCUT2D eigenvalue weighted by atomic mass is 127. The molecule has 0 unspecified atom stereocenters. The lowest BCUT2D eigenvalue weighted by Crippen LogP contribution is -2.41. The topological polar surface area (TPSA) is 95.0 Å². The van der Waals surface area contributed by atoms with Gasteiger partial charge < -0.3 is 25.8 Å². The summed E-state index contributed by atoms with van der Waals surface area (Å²) < 4.78 is 5.73. The summed E-state index contributed by atoms with van der Waals surface area (Å²) in [5.41, 5.74) is -0.0361. The van der Waals surface area contributed by atoms with Crippen LogP contribution in [0.25, 0.3) is 0 Å². The molecule has 0 aromatic heterocycles. The number of carbonyl (C=O) groups is 1. The van der Waals surface area contributed by atoms with E-state index in [-0.39, 0.29) is 29.9 Å². The number of amides is 1. The molecule has 1 rings (SSSR count). The van der Waals surface area contributed by atoms with Gasteiger partial charge in [-0.2, -0.15) is 0 Å². The van der Waals surface area contributed by atoms with Crippen molar-refractivity contribution in [2.45, 2.75) is 59.0 Å². The molecule has 1 amide bonds. The molecule has 0 aliphatic heterocycles. The number of aliphatic imine (C=N–C) groups is 1. The Hall–Kier alpha value is -1.55. The van der Waals surface area contributed by atoms with Gasteiger partial charge in [0.1, 0.15) is 12.4 Å². The van der Waals surface area contributed by atoms with Gasteiger partial charge in [0.15, 0.2) is 5.96 Å². The van der Waals surface area contributed by atoms with E-state index in [0.717, 1.165) is 32.2 Å². The average Bonchev–Trinajstić information content (AvgIpc) is 2.63. The molecule has 8 heteroatoms. The van der Waals surface area contributed by atoms with Crippen LogP contribution < -0.4 is 20.7 Å². The highest BCUT2D eigenvalue weighted by molar-refractivity contribution is 14.0. The van der Waals surface area contributed by atoms with E-state index in [1.807, 2.05) is 25.1 Å². The zero-order valence-corrected chi connectivity index (χ0v) is 20.4. The number of carbonyl (C=O) groups excluding carboxylic acids is 1. The highest BCUT2D eigenvalue weighted by Gasteiger charge is 2.24. The number of hydrogen-bond donors (Lipinski definition) is 4. The number of nitrogens with zero attached hydrogens (tertiary/aromatic N) is 1. The van der Waals surface area contributed by atoms with E-state index in [4.69, 9.17) is 4.74 Å². The molecule has 0 aliphatic carbocycles. The van der Waals surface area contributed by atoms with Crippen LogP contribution in [0, 0.1) is 0 Å². The summed E-state index contributed by atoms with van der Waals surface area (Å²) in [4.78, 5) is 15.7. The van der Waals surface area contributed by atoms with Crippen LogP contribution in [0.4, 0.5) is 5.69 Å². The van der Waals surface area contributed by atoms with Crippen LogP contribution >= 0.6 is 24.0 Å². The maximum absolute atomic E-state index is 11.1. The van der Waals surface area contributed by atoms with Crippen molar-refractivity contribution in [2.24, 2.45) is 4.99 Å². The molecule has 0 spiro atoms. The SMILES string of the molecule is CCCC(O)(CCC)CN=C(NCC)NCCOc1cccc(NC(C)=O)c1.I. The van der Waals surface area contributed by atoms with Crippen molar-refractivity contribution >= 4 is 41.5 Å². The van der Waals surface area contributed by atoms with Gasteiger partial charge in [-0.05, 0) is 31.9 Å². The second-order valence-corrected chi connectivity index (χ2v) is 6.90. The zero-order valence-electron chi connectivity index (χ0n) is 18.1. The fraction of sp³-hybridized carbons (Fsp3) is 0.619. The number of hydrogen-bond acceptors (Lipinski definition) is 4. The minimum atomic E-state index is -0.744. The molecular weight excluding hydrogens is 483 g/mol. The van der Waals surface area contributed by atoms with Gasteiger partial charge in [-0.1, -0.05) is 32.8 Å². The zero-order chi connectivity index (χ0) is 20.8. The Labute approximate surface area is 192 Å². The largest absolute Gasteiger partial charge is 0.492 e. The Morgan fingerprint density at radius 1 is 1.17 bits per heavy atom. The fourth-order valence-electron chi connectivity index (χ4n) is 2.99. The minimum Gasteiger partial charge on any atom is -0.492 e. The Kier molecular flexibility index (Phi) is 14.5. The number of rotatable bonds is 12. The lowest BCUT2D eigenvalue weighted by atomic mass is 9.93. The fourth-order valence-corrected chi connectivity index (χ4v) is 2.99. The first-order valence-corrected chi connectivity index (χ1v) is 10.2. The van der Waals surface area contributed by atoms with Crippen molar-refractivity contribution in [1.82, 2.24) is 10.6 Å². The van der Waals surface area contributed by atoms with Crippen LogP contribution in [0.5, 0.6) is 5.75 Å². The summed E-state index contributed by atoms with van der Waals surface area (Å²) in [6.07, 6.45) is 3.36. The summed E-state index contributed by atoms with van der Waals surface area (Å²) in [6.45, 7) is 9.76. The van der Waals surface area contributed by atoms with E-state index in [1.54, 1.807) is 6.07 Å². The molecule has 1 aromatic rings. The second-order valence-electron chi connectivity index (χ2n) is 6.90. The van der Waals surface area contributed by atoms with Gasteiger partial charge in [0.05, 0.1) is 18.7 Å². The number of ether oxygens (including phenoxy) is 1. The van der Waals surface area contributed by atoms with Crippen LogP contribution in [0.1, 0.15) is 53.4 Å². The molecule has 0 radical (unpaired) electrons. The Balaban J connectivity index is 0.00000784. The lowest BCUT2D eigenvalue weighted by Gasteiger charge is -2.26. The third-order valence-electron chi connectivity index (χ3n) is 4.12. The van der Waals surface area contributed by atoms with Gasteiger partial charge in [-0.25, -0.2) is 0 Å². The van der Waals surface area contributed by atoms with Crippen molar-refractivity contribution in [3.05, 3.63) is 24.3 Å². The van der Waals surface area contributed by atoms with Gasteiger partial charge in [-0.3, -0.25) is 9.79 Å². The van der Waals surface area contributed by atoms with Gasteiger partial charge in [0.25, 0.3) is 0 Å². The van der Waals surface area contributed by atoms with Crippen LogP contribution in [0.2, 0.25) is 0 Å².